The van der Waals surface area contributed by atoms with Crippen molar-refractivity contribution in [3.8, 4) is 5.75 Å². The van der Waals surface area contributed by atoms with Crippen molar-refractivity contribution < 1.29 is 19.1 Å². The van der Waals surface area contributed by atoms with E-state index in [0.29, 0.717) is 33.8 Å². The number of nitrogens with zero attached hydrogens (tertiary/aromatic N) is 3. The summed E-state index contributed by atoms with van der Waals surface area (Å²) in [5.41, 5.74) is 0.632. The second-order valence-corrected chi connectivity index (χ2v) is 7.62. The minimum atomic E-state index is -0.511. The molecule has 2 aromatic carbocycles. The SMILES string of the molecule is CCn1c(COc2ccccc2)nnc1SCC(=O)Nc1cc(C(=O)OC)ccc1Cl. The Morgan fingerprint density at radius 3 is 2.65 bits per heavy atom. The van der Waals surface area contributed by atoms with Crippen LogP contribution in [-0.4, -0.2) is 39.5 Å². The Kier molecular flexibility index (Phi) is 7.91. The van der Waals surface area contributed by atoms with Gasteiger partial charge in [0, 0.05) is 6.54 Å². The number of esters is 1. The highest BCUT2D eigenvalue weighted by Crippen LogP contribution is 2.24. The molecule has 0 fully saturated rings. The number of methoxy groups -OCH3 is 1. The number of hydrogen-bond donors (Lipinski definition) is 1. The van der Waals surface area contributed by atoms with E-state index in [4.69, 9.17) is 21.1 Å². The van der Waals surface area contributed by atoms with Gasteiger partial charge >= 0.3 is 5.97 Å². The molecule has 0 saturated carbocycles. The van der Waals surface area contributed by atoms with Crippen molar-refractivity contribution in [3.05, 3.63) is 64.9 Å². The Balaban J connectivity index is 1.60. The summed E-state index contributed by atoms with van der Waals surface area (Å²) in [5.74, 6) is 0.705. The highest BCUT2D eigenvalue weighted by atomic mass is 35.5. The van der Waals surface area contributed by atoms with Crippen LogP contribution in [0.2, 0.25) is 5.02 Å². The number of hydrogen-bond acceptors (Lipinski definition) is 7. The lowest BCUT2D eigenvalue weighted by atomic mass is 10.2. The maximum Gasteiger partial charge on any atom is 0.337 e. The fourth-order valence-corrected chi connectivity index (χ4v) is 3.68. The van der Waals surface area contributed by atoms with Crippen LogP contribution in [-0.2, 0) is 22.7 Å². The topological polar surface area (TPSA) is 95.3 Å². The molecule has 0 aliphatic heterocycles. The molecule has 3 rings (SSSR count). The van der Waals surface area contributed by atoms with E-state index in [2.05, 4.69) is 15.5 Å². The van der Waals surface area contributed by atoms with E-state index in [1.54, 1.807) is 0 Å². The lowest BCUT2D eigenvalue weighted by molar-refractivity contribution is -0.113. The van der Waals surface area contributed by atoms with Crippen LogP contribution in [0.5, 0.6) is 5.75 Å². The quantitative estimate of drug-likeness (QED) is 0.380. The van der Waals surface area contributed by atoms with Gasteiger partial charge in [-0.25, -0.2) is 4.79 Å². The predicted octanol–water partition coefficient (Wildman–Crippen LogP) is 4.05. The maximum atomic E-state index is 12.4. The van der Waals surface area contributed by atoms with Crippen molar-refractivity contribution in [2.45, 2.75) is 25.2 Å². The zero-order valence-electron chi connectivity index (χ0n) is 17.0. The second kappa shape index (κ2) is 10.8. The minimum Gasteiger partial charge on any atom is -0.486 e. The monoisotopic (exact) mass is 460 g/mol. The third kappa shape index (κ3) is 5.99. The number of nitrogens with one attached hydrogen (secondary N) is 1. The number of amides is 1. The van der Waals surface area contributed by atoms with Gasteiger partial charge in [-0.05, 0) is 37.3 Å². The summed E-state index contributed by atoms with van der Waals surface area (Å²) in [6, 6.07) is 14.0. The van der Waals surface area contributed by atoms with Gasteiger partial charge in [-0.3, -0.25) is 4.79 Å². The van der Waals surface area contributed by atoms with Crippen LogP contribution < -0.4 is 10.1 Å². The van der Waals surface area contributed by atoms with Gasteiger partial charge in [0.15, 0.2) is 11.0 Å². The number of rotatable bonds is 9. The van der Waals surface area contributed by atoms with Crippen LogP contribution in [0.15, 0.2) is 53.7 Å². The summed E-state index contributed by atoms with van der Waals surface area (Å²) in [7, 11) is 1.29. The molecule has 0 aliphatic rings. The first-order valence-electron chi connectivity index (χ1n) is 9.42. The molecule has 8 nitrogen and oxygen atoms in total. The van der Waals surface area contributed by atoms with E-state index in [-0.39, 0.29) is 18.3 Å². The Morgan fingerprint density at radius 2 is 1.94 bits per heavy atom. The number of anilines is 1. The van der Waals surface area contributed by atoms with Crippen LogP contribution in [0, 0.1) is 0 Å². The van der Waals surface area contributed by atoms with Crippen LogP contribution in [0.4, 0.5) is 5.69 Å². The van der Waals surface area contributed by atoms with E-state index >= 15 is 0 Å². The first-order chi connectivity index (χ1) is 15.0. The highest BCUT2D eigenvalue weighted by molar-refractivity contribution is 7.99. The van der Waals surface area contributed by atoms with E-state index in [1.807, 2.05) is 41.8 Å². The number of carbonyl (C=O) groups excluding carboxylic acids is 2. The molecule has 31 heavy (non-hydrogen) atoms. The summed E-state index contributed by atoms with van der Waals surface area (Å²) in [6.45, 7) is 2.88. The number of carbonyl (C=O) groups is 2. The van der Waals surface area contributed by atoms with Gasteiger partial charge < -0.3 is 19.4 Å². The zero-order chi connectivity index (χ0) is 22.2. The molecule has 0 aliphatic carbocycles. The molecule has 0 bridgehead atoms. The molecule has 0 saturated heterocycles. The molecule has 3 aromatic rings. The van der Waals surface area contributed by atoms with Crippen LogP contribution in [0.1, 0.15) is 23.1 Å². The van der Waals surface area contributed by atoms with Gasteiger partial charge in [0.2, 0.25) is 5.91 Å². The molecule has 10 heteroatoms. The molecule has 1 N–H and O–H groups in total. The summed E-state index contributed by atoms with van der Waals surface area (Å²) in [6.07, 6.45) is 0. The van der Waals surface area contributed by atoms with Crippen LogP contribution >= 0.6 is 23.4 Å². The summed E-state index contributed by atoms with van der Waals surface area (Å²) in [4.78, 5) is 24.1. The Hall–Kier alpha value is -3.04. The summed E-state index contributed by atoms with van der Waals surface area (Å²) in [5, 5.41) is 12.0. The van der Waals surface area contributed by atoms with Gasteiger partial charge in [-0.1, -0.05) is 41.6 Å². The molecule has 0 spiro atoms. The Morgan fingerprint density at radius 1 is 1.16 bits per heavy atom. The lowest BCUT2D eigenvalue weighted by Gasteiger charge is -2.10. The molecule has 1 heterocycles. The smallest absolute Gasteiger partial charge is 0.337 e. The fraction of sp³-hybridized carbons (Fsp3) is 0.238. The van der Waals surface area contributed by atoms with Crippen LogP contribution in [0.25, 0.3) is 0 Å². The van der Waals surface area contributed by atoms with E-state index in [9.17, 15) is 9.59 Å². The standard InChI is InChI=1S/C21H21ClN4O4S/c1-3-26-18(12-30-15-7-5-4-6-8-15)24-25-21(26)31-13-19(27)23-17-11-14(20(28)29-2)9-10-16(17)22/h4-11H,3,12-13H2,1-2H3,(H,23,27). The lowest BCUT2D eigenvalue weighted by Crippen LogP contribution is -2.16. The molecule has 0 unspecified atom stereocenters. The van der Waals surface area contributed by atoms with E-state index < -0.39 is 5.97 Å². The first-order valence-corrected chi connectivity index (χ1v) is 10.8. The molecular weight excluding hydrogens is 440 g/mol. The zero-order valence-corrected chi connectivity index (χ0v) is 18.6. The fourth-order valence-electron chi connectivity index (χ4n) is 2.70. The third-order valence-corrected chi connectivity index (χ3v) is 5.51. The number of ether oxygens (including phenoxy) is 2. The van der Waals surface area contributed by atoms with Crippen molar-refractivity contribution in [1.82, 2.24) is 14.8 Å². The largest absolute Gasteiger partial charge is 0.486 e. The minimum absolute atomic E-state index is 0.0937. The molecule has 1 amide bonds. The molecule has 162 valence electrons. The van der Waals surface area contributed by atoms with Gasteiger partial charge in [0.1, 0.15) is 12.4 Å². The summed E-state index contributed by atoms with van der Waals surface area (Å²) >= 11 is 7.38. The van der Waals surface area contributed by atoms with Gasteiger partial charge in [0.05, 0.1) is 29.1 Å². The number of aromatic nitrogens is 3. The molecule has 1 aromatic heterocycles. The van der Waals surface area contributed by atoms with Gasteiger partial charge in [-0.2, -0.15) is 0 Å². The van der Waals surface area contributed by atoms with Crippen molar-refractivity contribution >= 4 is 40.9 Å². The Bertz CT molecular complexity index is 1060. The molecular formula is C21H21ClN4O4S. The van der Waals surface area contributed by atoms with E-state index in [0.717, 1.165) is 5.75 Å². The van der Waals surface area contributed by atoms with Gasteiger partial charge in [-0.15, -0.1) is 10.2 Å². The molecule has 0 radical (unpaired) electrons. The number of thioether (sulfide) groups is 1. The first kappa shape index (κ1) is 22.6. The number of halogens is 1. The molecule has 0 atom stereocenters. The number of para-hydroxylation sites is 1. The average Bonchev–Trinajstić information content (AvgIpc) is 3.19. The maximum absolute atomic E-state index is 12.4. The van der Waals surface area contributed by atoms with Crippen molar-refractivity contribution in [1.29, 1.82) is 0 Å². The van der Waals surface area contributed by atoms with E-state index in [1.165, 1.54) is 37.1 Å². The average molecular weight is 461 g/mol. The third-order valence-electron chi connectivity index (χ3n) is 4.21. The van der Waals surface area contributed by atoms with Crippen molar-refractivity contribution in [2.24, 2.45) is 0 Å². The second-order valence-electron chi connectivity index (χ2n) is 6.27. The van der Waals surface area contributed by atoms with Crippen molar-refractivity contribution in [2.75, 3.05) is 18.2 Å². The Labute approximate surface area is 188 Å². The van der Waals surface area contributed by atoms with Crippen LogP contribution in [0.3, 0.4) is 0 Å². The normalized spacial score (nSPS) is 10.5. The number of benzene rings is 2. The highest BCUT2D eigenvalue weighted by Gasteiger charge is 2.15. The van der Waals surface area contributed by atoms with Gasteiger partial charge in [0.25, 0.3) is 0 Å². The predicted molar refractivity (Wildman–Crippen MR) is 119 cm³/mol. The van der Waals surface area contributed by atoms with Crippen molar-refractivity contribution in [3.63, 3.8) is 0 Å². The summed E-state index contributed by atoms with van der Waals surface area (Å²) < 4.78 is 12.3.